The number of aromatic nitrogens is 1. The standard InChI is InChI=1S/C15H26N2O2S/c1-12-15(19)14(13(11-18)9-17-12)10-16-7-5-3-4-6-8-20-2/h9,16,18-19H,3-8,10-11H2,1-2H3. The third kappa shape index (κ3) is 5.69. The maximum Gasteiger partial charge on any atom is 0.141 e. The van der Waals surface area contributed by atoms with Gasteiger partial charge in [-0.25, -0.2) is 0 Å². The molecule has 0 aromatic carbocycles. The Kier molecular flexibility index (Phi) is 8.65. The first kappa shape index (κ1) is 17.3. The van der Waals surface area contributed by atoms with Crippen LogP contribution in [0.25, 0.3) is 0 Å². The molecule has 5 heteroatoms. The number of aromatic hydroxyl groups is 1. The molecule has 0 unspecified atom stereocenters. The van der Waals surface area contributed by atoms with Crippen LogP contribution in [0.3, 0.4) is 0 Å². The van der Waals surface area contributed by atoms with Crippen molar-refractivity contribution in [3.8, 4) is 5.75 Å². The van der Waals surface area contributed by atoms with Crippen LogP contribution in [0.1, 0.15) is 42.5 Å². The molecule has 0 saturated heterocycles. The number of nitrogens with one attached hydrogen (secondary N) is 1. The van der Waals surface area contributed by atoms with Crippen LogP contribution in [0.5, 0.6) is 5.75 Å². The summed E-state index contributed by atoms with van der Waals surface area (Å²) in [6.07, 6.45) is 8.73. The zero-order valence-corrected chi connectivity index (χ0v) is 13.3. The van der Waals surface area contributed by atoms with E-state index in [2.05, 4.69) is 16.6 Å². The fraction of sp³-hybridized carbons (Fsp3) is 0.667. The predicted octanol–water partition coefficient (Wildman–Crippen LogP) is 2.60. The second-order valence-electron chi connectivity index (χ2n) is 4.94. The van der Waals surface area contributed by atoms with Crippen LogP contribution in [0.15, 0.2) is 6.20 Å². The van der Waals surface area contributed by atoms with E-state index in [1.165, 1.54) is 25.0 Å². The molecule has 0 saturated carbocycles. The molecule has 1 aromatic heterocycles. The molecular weight excluding hydrogens is 272 g/mol. The van der Waals surface area contributed by atoms with Gasteiger partial charge in [-0.1, -0.05) is 12.8 Å². The Hall–Kier alpha value is -0.780. The molecule has 1 aromatic rings. The molecule has 20 heavy (non-hydrogen) atoms. The minimum absolute atomic E-state index is 0.0907. The number of nitrogens with zero attached hydrogens (tertiary/aromatic N) is 1. The summed E-state index contributed by atoms with van der Waals surface area (Å²) in [7, 11) is 0. The van der Waals surface area contributed by atoms with Crippen LogP contribution < -0.4 is 5.32 Å². The van der Waals surface area contributed by atoms with Gasteiger partial charge in [0.25, 0.3) is 0 Å². The Morgan fingerprint density at radius 2 is 2.00 bits per heavy atom. The van der Waals surface area contributed by atoms with E-state index in [4.69, 9.17) is 0 Å². The molecule has 0 aliphatic carbocycles. The lowest BCUT2D eigenvalue weighted by molar-refractivity contribution is 0.278. The lowest BCUT2D eigenvalue weighted by atomic mass is 10.1. The van der Waals surface area contributed by atoms with Crippen molar-refractivity contribution >= 4 is 11.8 Å². The smallest absolute Gasteiger partial charge is 0.141 e. The Morgan fingerprint density at radius 3 is 2.70 bits per heavy atom. The summed E-state index contributed by atoms with van der Waals surface area (Å²) < 4.78 is 0. The second kappa shape index (κ2) is 10.0. The highest BCUT2D eigenvalue weighted by molar-refractivity contribution is 7.98. The van der Waals surface area contributed by atoms with Crippen molar-refractivity contribution in [3.05, 3.63) is 23.0 Å². The van der Waals surface area contributed by atoms with E-state index in [9.17, 15) is 10.2 Å². The van der Waals surface area contributed by atoms with Crippen molar-refractivity contribution in [1.82, 2.24) is 10.3 Å². The van der Waals surface area contributed by atoms with E-state index in [-0.39, 0.29) is 12.4 Å². The van der Waals surface area contributed by atoms with E-state index in [0.717, 1.165) is 18.5 Å². The average molecular weight is 298 g/mol. The lowest BCUT2D eigenvalue weighted by Gasteiger charge is -2.12. The highest BCUT2D eigenvalue weighted by Crippen LogP contribution is 2.23. The maximum atomic E-state index is 9.99. The first-order valence-corrected chi connectivity index (χ1v) is 8.57. The second-order valence-corrected chi connectivity index (χ2v) is 5.92. The minimum Gasteiger partial charge on any atom is -0.506 e. The summed E-state index contributed by atoms with van der Waals surface area (Å²) in [6, 6.07) is 0. The monoisotopic (exact) mass is 298 g/mol. The number of thioether (sulfide) groups is 1. The molecular formula is C15H26N2O2S. The average Bonchev–Trinajstić information content (AvgIpc) is 2.46. The topological polar surface area (TPSA) is 65.4 Å². The van der Waals surface area contributed by atoms with Crippen LogP contribution in [0, 0.1) is 6.92 Å². The van der Waals surface area contributed by atoms with Crippen LogP contribution >= 0.6 is 11.8 Å². The number of unbranched alkanes of at least 4 members (excludes halogenated alkanes) is 3. The first-order chi connectivity index (χ1) is 9.70. The van der Waals surface area contributed by atoms with Crippen molar-refractivity contribution in [2.45, 2.75) is 45.8 Å². The summed E-state index contributed by atoms with van der Waals surface area (Å²) in [4.78, 5) is 4.06. The van der Waals surface area contributed by atoms with Crippen molar-refractivity contribution in [2.24, 2.45) is 0 Å². The zero-order chi connectivity index (χ0) is 14.8. The summed E-state index contributed by atoms with van der Waals surface area (Å²) in [5.41, 5.74) is 2.07. The van der Waals surface area contributed by atoms with E-state index in [1.807, 2.05) is 11.8 Å². The summed E-state index contributed by atoms with van der Waals surface area (Å²) in [5, 5.41) is 22.6. The number of hydrogen-bond donors (Lipinski definition) is 3. The molecule has 0 bridgehead atoms. The summed E-state index contributed by atoms with van der Waals surface area (Å²) in [5.74, 6) is 1.45. The van der Waals surface area contributed by atoms with E-state index < -0.39 is 0 Å². The number of aliphatic hydroxyl groups is 1. The van der Waals surface area contributed by atoms with Gasteiger partial charge in [-0.15, -0.1) is 0 Å². The molecule has 0 radical (unpaired) electrons. The van der Waals surface area contributed by atoms with Crippen molar-refractivity contribution in [2.75, 3.05) is 18.6 Å². The Bertz CT molecular complexity index is 400. The minimum atomic E-state index is -0.0907. The van der Waals surface area contributed by atoms with Crippen molar-refractivity contribution in [1.29, 1.82) is 0 Å². The van der Waals surface area contributed by atoms with Gasteiger partial charge in [0.05, 0.1) is 12.3 Å². The molecule has 0 aliphatic rings. The molecule has 0 atom stereocenters. The van der Waals surface area contributed by atoms with Gasteiger partial charge in [0.1, 0.15) is 5.75 Å². The SMILES string of the molecule is CSCCCCCCNCc1c(CO)cnc(C)c1O. The van der Waals surface area contributed by atoms with Gasteiger partial charge in [-0.2, -0.15) is 11.8 Å². The normalized spacial score (nSPS) is 10.9. The maximum absolute atomic E-state index is 9.99. The quantitative estimate of drug-likeness (QED) is 0.579. The van der Waals surface area contributed by atoms with Crippen LogP contribution in [0.4, 0.5) is 0 Å². The Balaban J connectivity index is 2.30. The lowest BCUT2D eigenvalue weighted by Crippen LogP contribution is -2.16. The number of rotatable bonds is 10. The van der Waals surface area contributed by atoms with Crippen LogP contribution in [-0.4, -0.2) is 33.8 Å². The van der Waals surface area contributed by atoms with Gasteiger partial charge >= 0.3 is 0 Å². The van der Waals surface area contributed by atoms with Gasteiger partial charge in [0, 0.05) is 23.9 Å². The fourth-order valence-corrected chi connectivity index (χ4v) is 2.57. The van der Waals surface area contributed by atoms with Crippen LogP contribution in [-0.2, 0) is 13.2 Å². The molecule has 0 aliphatic heterocycles. The summed E-state index contributed by atoms with van der Waals surface area (Å²) >= 11 is 1.90. The fourth-order valence-electron chi connectivity index (χ4n) is 2.08. The molecule has 1 heterocycles. The predicted molar refractivity (Wildman–Crippen MR) is 85.1 cm³/mol. The highest BCUT2D eigenvalue weighted by Gasteiger charge is 2.10. The zero-order valence-electron chi connectivity index (χ0n) is 12.5. The van der Waals surface area contributed by atoms with E-state index in [0.29, 0.717) is 17.8 Å². The highest BCUT2D eigenvalue weighted by atomic mass is 32.2. The van der Waals surface area contributed by atoms with Crippen LogP contribution in [0.2, 0.25) is 0 Å². The van der Waals surface area contributed by atoms with Crippen molar-refractivity contribution in [3.63, 3.8) is 0 Å². The molecule has 0 amide bonds. The Labute approximate surface area is 126 Å². The number of pyridine rings is 1. The van der Waals surface area contributed by atoms with Gasteiger partial charge < -0.3 is 15.5 Å². The molecule has 3 N–H and O–H groups in total. The molecule has 1 rings (SSSR count). The Morgan fingerprint density at radius 1 is 1.25 bits per heavy atom. The third-order valence-corrected chi connectivity index (χ3v) is 4.05. The molecule has 0 fully saturated rings. The van der Waals surface area contributed by atoms with Crippen molar-refractivity contribution < 1.29 is 10.2 Å². The molecule has 0 spiro atoms. The largest absolute Gasteiger partial charge is 0.506 e. The van der Waals surface area contributed by atoms with Gasteiger partial charge in [0.2, 0.25) is 0 Å². The van der Waals surface area contributed by atoms with Gasteiger partial charge in [-0.05, 0) is 38.3 Å². The van der Waals surface area contributed by atoms with E-state index in [1.54, 1.807) is 13.1 Å². The third-order valence-electron chi connectivity index (χ3n) is 3.35. The first-order valence-electron chi connectivity index (χ1n) is 7.17. The van der Waals surface area contributed by atoms with E-state index >= 15 is 0 Å². The molecule has 4 nitrogen and oxygen atoms in total. The number of aryl methyl sites for hydroxylation is 1. The number of aliphatic hydroxyl groups excluding tert-OH is 1. The number of hydrogen-bond acceptors (Lipinski definition) is 5. The van der Waals surface area contributed by atoms with Gasteiger partial charge in [-0.3, -0.25) is 4.98 Å². The van der Waals surface area contributed by atoms with Gasteiger partial charge in [0.15, 0.2) is 0 Å². The summed E-state index contributed by atoms with van der Waals surface area (Å²) in [6.45, 7) is 3.19. The molecule has 114 valence electrons.